The van der Waals surface area contributed by atoms with Gasteiger partial charge in [-0.3, -0.25) is 4.79 Å². The number of anilines is 1. The smallest absolute Gasteiger partial charge is 0.414 e. The van der Waals surface area contributed by atoms with Crippen LogP contribution < -0.4 is 4.90 Å². The number of fused-ring (bicyclic) bond motifs is 1. The highest BCUT2D eigenvalue weighted by Crippen LogP contribution is 2.29. The summed E-state index contributed by atoms with van der Waals surface area (Å²) < 4.78 is 15.6. The van der Waals surface area contributed by atoms with Crippen LogP contribution in [0.2, 0.25) is 0 Å². The summed E-state index contributed by atoms with van der Waals surface area (Å²) in [6.45, 7) is 4.15. The molecule has 10 heteroatoms. The van der Waals surface area contributed by atoms with Gasteiger partial charge in [0.1, 0.15) is 5.82 Å². The maximum absolute atomic E-state index is 13.3. The van der Waals surface area contributed by atoms with Gasteiger partial charge in [0, 0.05) is 32.1 Å². The van der Waals surface area contributed by atoms with Crippen molar-refractivity contribution in [3.63, 3.8) is 0 Å². The summed E-state index contributed by atoms with van der Waals surface area (Å²) in [5.41, 5.74) is 3.08. The SMILES string of the molecule is O=C(C1CCN(c2nc3ccccc3n2Cc2ccc(F)cc2)CC1)N1CCCC1.O=C(O)C(=O)O. The summed E-state index contributed by atoms with van der Waals surface area (Å²) in [6.07, 6.45) is 4.01. The molecular formula is C26H29FN4O5. The molecule has 1 aromatic heterocycles. The predicted molar refractivity (Wildman–Crippen MR) is 131 cm³/mol. The van der Waals surface area contributed by atoms with Gasteiger partial charge in [-0.1, -0.05) is 24.3 Å². The number of piperidine rings is 1. The van der Waals surface area contributed by atoms with Crippen LogP contribution in [0.15, 0.2) is 48.5 Å². The van der Waals surface area contributed by atoms with Gasteiger partial charge in [0.2, 0.25) is 11.9 Å². The first kappa shape index (κ1) is 25.2. The van der Waals surface area contributed by atoms with E-state index >= 15 is 0 Å². The predicted octanol–water partition coefficient (Wildman–Crippen LogP) is 3.22. The molecular weight excluding hydrogens is 467 g/mol. The number of para-hydroxylation sites is 2. The number of aromatic nitrogens is 2. The average molecular weight is 497 g/mol. The normalized spacial score (nSPS) is 16.0. The molecule has 0 aliphatic carbocycles. The number of aliphatic carboxylic acids is 2. The minimum atomic E-state index is -1.82. The third-order valence-electron chi connectivity index (χ3n) is 6.62. The number of carbonyl (C=O) groups is 3. The highest BCUT2D eigenvalue weighted by Gasteiger charge is 2.31. The number of benzene rings is 2. The second kappa shape index (κ2) is 11.2. The van der Waals surface area contributed by atoms with Gasteiger partial charge in [-0.15, -0.1) is 0 Å². The van der Waals surface area contributed by atoms with Crippen molar-refractivity contribution in [3.05, 3.63) is 59.9 Å². The Morgan fingerprint density at radius 2 is 1.50 bits per heavy atom. The number of carbonyl (C=O) groups excluding carboxylic acids is 1. The highest BCUT2D eigenvalue weighted by molar-refractivity contribution is 6.27. The maximum atomic E-state index is 13.3. The zero-order chi connectivity index (χ0) is 25.7. The third-order valence-corrected chi connectivity index (χ3v) is 6.62. The van der Waals surface area contributed by atoms with E-state index in [2.05, 4.69) is 15.5 Å². The zero-order valence-corrected chi connectivity index (χ0v) is 19.8. The Hall–Kier alpha value is -3.95. The Morgan fingerprint density at radius 1 is 0.889 bits per heavy atom. The van der Waals surface area contributed by atoms with E-state index in [0.717, 1.165) is 74.4 Å². The van der Waals surface area contributed by atoms with Crippen LogP contribution in [0.25, 0.3) is 11.0 Å². The molecule has 1 amide bonds. The van der Waals surface area contributed by atoms with Crippen LogP contribution in [-0.2, 0) is 20.9 Å². The largest absolute Gasteiger partial charge is 0.473 e. The molecule has 0 saturated carbocycles. The molecule has 2 aliphatic rings. The monoisotopic (exact) mass is 496 g/mol. The van der Waals surface area contributed by atoms with Gasteiger partial charge in [0.25, 0.3) is 0 Å². The van der Waals surface area contributed by atoms with Gasteiger partial charge in [-0.25, -0.2) is 19.0 Å². The Morgan fingerprint density at radius 3 is 2.11 bits per heavy atom. The molecule has 0 unspecified atom stereocenters. The number of hydrogen-bond donors (Lipinski definition) is 2. The van der Waals surface area contributed by atoms with Crippen molar-refractivity contribution in [2.45, 2.75) is 32.2 Å². The van der Waals surface area contributed by atoms with Crippen LogP contribution in [0.1, 0.15) is 31.2 Å². The van der Waals surface area contributed by atoms with Crippen LogP contribution in [0, 0.1) is 11.7 Å². The first-order chi connectivity index (χ1) is 17.3. The summed E-state index contributed by atoms with van der Waals surface area (Å²) in [4.78, 5) is 40.2. The lowest BCUT2D eigenvalue weighted by atomic mass is 9.95. The first-order valence-corrected chi connectivity index (χ1v) is 12.0. The molecule has 3 heterocycles. The van der Waals surface area contributed by atoms with Crippen LogP contribution in [0.4, 0.5) is 10.3 Å². The minimum Gasteiger partial charge on any atom is -0.473 e. The Labute approximate surface area is 207 Å². The lowest BCUT2D eigenvalue weighted by molar-refractivity contribution is -0.159. The van der Waals surface area contributed by atoms with E-state index in [9.17, 15) is 9.18 Å². The fourth-order valence-corrected chi connectivity index (χ4v) is 4.75. The molecule has 0 atom stereocenters. The summed E-state index contributed by atoms with van der Waals surface area (Å²) >= 11 is 0. The molecule has 0 radical (unpaired) electrons. The van der Waals surface area contributed by atoms with Crippen LogP contribution in [0.3, 0.4) is 0 Å². The maximum Gasteiger partial charge on any atom is 0.414 e. The van der Waals surface area contributed by atoms with E-state index in [1.165, 1.54) is 12.1 Å². The van der Waals surface area contributed by atoms with Gasteiger partial charge < -0.3 is 24.6 Å². The summed E-state index contributed by atoms with van der Waals surface area (Å²) in [5.74, 6) is -2.46. The van der Waals surface area contributed by atoms with E-state index in [0.29, 0.717) is 12.5 Å². The van der Waals surface area contributed by atoms with Crippen molar-refractivity contribution < 1.29 is 29.0 Å². The summed E-state index contributed by atoms with van der Waals surface area (Å²) in [7, 11) is 0. The third kappa shape index (κ3) is 5.81. The molecule has 2 saturated heterocycles. The molecule has 2 aromatic carbocycles. The van der Waals surface area contributed by atoms with Gasteiger partial charge in [-0.05, 0) is 55.5 Å². The molecule has 2 N–H and O–H groups in total. The number of imidazole rings is 1. The fraction of sp³-hybridized carbons (Fsp3) is 0.385. The van der Waals surface area contributed by atoms with Crippen LogP contribution in [-0.4, -0.2) is 68.7 Å². The number of carboxylic acid groups (broad SMARTS) is 2. The first-order valence-electron chi connectivity index (χ1n) is 12.0. The summed E-state index contributed by atoms with van der Waals surface area (Å²) in [6, 6.07) is 14.8. The standard InChI is InChI=1S/C24H27FN4O.C2H2O4/c25-20-9-7-18(8-10-20)17-29-22-6-2-1-5-21(22)26-24(29)28-15-11-19(12-16-28)23(30)27-13-3-4-14-27;3-1(4)2(5)6/h1-2,5-10,19H,3-4,11-17H2;(H,3,4)(H,5,6). The molecule has 3 aromatic rings. The zero-order valence-electron chi connectivity index (χ0n) is 19.8. The molecule has 0 spiro atoms. The van der Waals surface area contributed by atoms with Gasteiger partial charge in [0.15, 0.2) is 0 Å². The minimum absolute atomic E-state index is 0.134. The molecule has 2 aliphatic heterocycles. The van der Waals surface area contributed by atoms with Crippen LogP contribution in [0.5, 0.6) is 0 Å². The van der Waals surface area contributed by atoms with Crippen molar-refractivity contribution in [1.29, 1.82) is 0 Å². The van der Waals surface area contributed by atoms with E-state index in [-0.39, 0.29) is 11.7 Å². The van der Waals surface area contributed by atoms with Gasteiger partial charge in [-0.2, -0.15) is 0 Å². The van der Waals surface area contributed by atoms with Crippen molar-refractivity contribution in [2.24, 2.45) is 5.92 Å². The van der Waals surface area contributed by atoms with Crippen molar-refractivity contribution >= 4 is 34.8 Å². The second-order valence-corrected chi connectivity index (χ2v) is 9.02. The van der Waals surface area contributed by atoms with E-state index in [1.54, 1.807) is 0 Å². The van der Waals surface area contributed by atoms with E-state index in [1.807, 2.05) is 35.2 Å². The Balaban J connectivity index is 0.000000455. The number of carboxylic acids is 2. The van der Waals surface area contributed by atoms with Crippen LogP contribution >= 0.6 is 0 Å². The Kier molecular flexibility index (Phi) is 7.82. The summed E-state index contributed by atoms with van der Waals surface area (Å²) in [5, 5.41) is 14.8. The fourth-order valence-electron chi connectivity index (χ4n) is 4.75. The Bertz CT molecular complexity index is 1220. The number of nitrogens with zero attached hydrogens (tertiary/aromatic N) is 4. The number of hydrogen-bond acceptors (Lipinski definition) is 5. The number of likely N-dealkylation sites (tertiary alicyclic amines) is 1. The van der Waals surface area contributed by atoms with Gasteiger partial charge in [0.05, 0.1) is 17.6 Å². The van der Waals surface area contributed by atoms with Crippen molar-refractivity contribution in [2.75, 3.05) is 31.1 Å². The van der Waals surface area contributed by atoms with Crippen molar-refractivity contribution in [1.82, 2.24) is 14.5 Å². The molecule has 0 bridgehead atoms. The number of amides is 1. The van der Waals surface area contributed by atoms with E-state index < -0.39 is 11.9 Å². The average Bonchev–Trinajstić information content (AvgIpc) is 3.54. The molecule has 2 fully saturated rings. The quantitative estimate of drug-likeness (QED) is 0.533. The lowest BCUT2D eigenvalue weighted by Gasteiger charge is -2.34. The number of rotatable bonds is 4. The number of halogens is 1. The highest BCUT2D eigenvalue weighted by atomic mass is 19.1. The molecule has 5 rings (SSSR count). The van der Waals surface area contributed by atoms with Crippen molar-refractivity contribution in [3.8, 4) is 0 Å². The topological polar surface area (TPSA) is 116 Å². The van der Waals surface area contributed by atoms with E-state index in [4.69, 9.17) is 24.8 Å². The lowest BCUT2D eigenvalue weighted by Crippen LogP contribution is -2.42. The molecule has 9 nitrogen and oxygen atoms in total. The van der Waals surface area contributed by atoms with Gasteiger partial charge >= 0.3 is 11.9 Å². The second-order valence-electron chi connectivity index (χ2n) is 9.02. The molecule has 190 valence electrons. The molecule has 36 heavy (non-hydrogen) atoms.